The predicted octanol–water partition coefficient (Wildman–Crippen LogP) is 6.21. The van der Waals surface area contributed by atoms with Gasteiger partial charge in [-0.2, -0.15) is 13.2 Å². The summed E-state index contributed by atoms with van der Waals surface area (Å²) in [7, 11) is 0. The molecule has 2 rings (SSSR count). The fourth-order valence-electron chi connectivity index (χ4n) is 1.76. The first-order valence-corrected chi connectivity index (χ1v) is 7.01. The van der Waals surface area contributed by atoms with E-state index in [1.807, 2.05) is 19.1 Å². The van der Waals surface area contributed by atoms with E-state index >= 15 is 0 Å². The standard InChI is InChI=1S/C14H9Br2F3/c1-8-3-2-4-10(13(8)16)11-7-9(14(17,18)19)5-6-12(11)15/h2-7H,1H3. The molecule has 0 saturated heterocycles. The highest BCUT2D eigenvalue weighted by Crippen LogP contribution is 2.39. The summed E-state index contributed by atoms with van der Waals surface area (Å²) in [5.41, 5.74) is 1.57. The van der Waals surface area contributed by atoms with Crippen molar-refractivity contribution in [2.24, 2.45) is 0 Å². The van der Waals surface area contributed by atoms with E-state index in [0.717, 1.165) is 27.7 Å². The van der Waals surface area contributed by atoms with E-state index in [0.29, 0.717) is 10.0 Å². The van der Waals surface area contributed by atoms with E-state index in [-0.39, 0.29) is 0 Å². The molecular weight excluding hydrogens is 385 g/mol. The Morgan fingerprint density at radius 2 is 1.63 bits per heavy atom. The largest absolute Gasteiger partial charge is 0.416 e. The second-order valence-electron chi connectivity index (χ2n) is 4.13. The molecule has 0 saturated carbocycles. The Morgan fingerprint density at radius 1 is 0.947 bits per heavy atom. The Bertz CT molecular complexity index is 619. The molecular formula is C14H9Br2F3. The lowest BCUT2D eigenvalue weighted by molar-refractivity contribution is -0.137. The van der Waals surface area contributed by atoms with Crippen molar-refractivity contribution < 1.29 is 13.2 Å². The number of hydrogen-bond donors (Lipinski definition) is 0. The number of rotatable bonds is 1. The van der Waals surface area contributed by atoms with Gasteiger partial charge in [-0.3, -0.25) is 0 Å². The second-order valence-corrected chi connectivity index (χ2v) is 5.78. The van der Waals surface area contributed by atoms with Crippen molar-refractivity contribution in [3.63, 3.8) is 0 Å². The zero-order valence-electron chi connectivity index (χ0n) is 9.85. The maximum absolute atomic E-state index is 12.8. The highest BCUT2D eigenvalue weighted by atomic mass is 79.9. The molecule has 0 aliphatic heterocycles. The van der Waals surface area contributed by atoms with Crippen LogP contribution >= 0.6 is 31.9 Å². The van der Waals surface area contributed by atoms with E-state index < -0.39 is 11.7 Å². The lowest BCUT2D eigenvalue weighted by atomic mass is 10.0. The number of halogens is 5. The summed E-state index contributed by atoms with van der Waals surface area (Å²) >= 11 is 6.73. The Morgan fingerprint density at radius 3 is 2.26 bits per heavy atom. The molecule has 0 heterocycles. The zero-order valence-corrected chi connectivity index (χ0v) is 13.0. The van der Waals surface area contributed by atoms with Crippen LogP contribution in [0.2, 0.25) is 0 Å². The van der Waals surface area contributed by atoms with Crippen molar-refractivity contribution in [2.45, 2.75) is 13.1 Å². The molecule has 0 atom stereocenters. The van der Waals surface area contributed by atoms with E-state index in [1.54, 1.807) is 6.07 Å². The third kappa shape index (κ3) is 3.03. The van der Waals surface area contributed by atoms with Crippen LogP contribution in [0.4, 0.5) is 13.2 Å². The molecule has 0 radical (unpaired) electrons. The van der Waals surface area contributed by atoms with Crippen LogP contribution in [0.15, 0.2) is 45.3 Å². The molecule has 19 heavy (non-hydrogen) atoms. The summed E-state index contributed by atoms with van der Waals surface area (Å²) in [5.74, 6) is 0. The maximum atomic E-state index is 12.8. The average molecular weight is 394 g/mol. The highest BCUT2D eigenvalue weighted by molar-refractivity contribution is 9.11. The molecule has 5 heteroatoms. The zero-order chi connectivity index (χ0) is 14.2. The van der Waals surface area contributed by atoms with Gasteiger partial charge >= 0.3 is 6.18 Å². The second kappa shape index (κ2) is 5.29. The lowest BCUT2D eigenvalue weighted by Gasteiger charge is -2.13. The van der Waals surface area contributed by atoms with Crippen LogP contribution in [0, 0.1) is 6.92 Å². The average Bonchev–Trinajstić information content (AvgIpc) is 2.32. The van der Waals surface area contributed by atoms with E-state index in [9.17, 15) is 13.2 Å². The highest BCUT2D eigenvalue weighted by Gasteiger charge is 2.31. The first-order valence-electron chi connectivity index (χ1n) is 5.43. The van der Waals surface area contributed by atoms with Crippen molar-refractivity contribution in [1.29, 1.82) is 0 Å². The summed E-state index contributed by atoms with van der Waals surface area (Å²) in [4.78, 5) is 0. The number of hydrogen-bond acceptors (Lipinski definition) is 0. The fraction of sp³-hybridized carbons (Fsp3) is 0.143. The maximum Gasteiger partial charge on any atom is 0.416 e. The lowest BCUT2D eigenvalue weighted by Crippen LogP contribution is -2.04. The van der Waals surface area contributed by atoms with E-state index in [2.05, 4.69) is 31.9 Å². The molecule has 0 unspecified atom stereocenters. The van der Waals surface area contributed by atoms with Gasteiger partial charge in [0.05, 0.1) is 5.56 Å². The van der Waals surface area contributed by atoms with Gasteiger partial charge in [0.15, 0.2) is 0 Å². The van der Waals surface area contributed by atoms with Crippen molar-refractivity contribution in [3.8, 4) is 11.1 Å². The molecule has 0 aliphatic rings. The van der Waals surface area contributed by atoms with Gasteiger partial charge in [-0.25, -0.2) is 0 Å². The Balaban J connectivity index is 2.65. The molecule has 0 spiro atoms. The first kappa shape index (κ1) is 14.6. The molecule has 0 N–H and O–H groups in total. The number of benzene rings is 2. The van der Waals surface area contributed by atoms with Crippen molar-refractivity contribution >= 4 is 31.9 Å². The predicted molar refractivity (Wildman–Crippen MR) is 77.0 cm³/mol. The molecule has 0 fully saturated rings. The van der Waals surface area contributed by atoms with Gasteiger partial charge < -0.3 is 0 Å². The van der Waals surface area contributed by atoms with Gasteiger partial charge in [-0.15, -0.1) is 0 Å². The normalized spacial score (nSPS) is 11.7. The minimum absolute atomic E-state index is 0.519. The number of alkyl halides is 3. The van der Waals surface area contributed by atoms with Crippen LogP contribution < -0.4 is 0 Å². The summed E-state index contributed by atoms with van der Waals surface area (Å²) < 4.78 is 39.7. The molecule has 0 aromatic heterocycles. The van der Waals surface area contributed by atoms with Gasteiger partial charge in [-0.1, -0.05) is 34.1 Å². The molecule has 0 bridgehead atoms. The first-order chi connectivity index (χ1) is 8.80. The van der Waals surface area contributed by atoms with Gasteiger partial charge in [0, 0.05) is 8.95 Å². The van der Waals surface area contributed by atoms with Crippen molar-refractivity contribution in [2.75, 3.05) is 0 Å². The topological polar surface area (TPSA) is 0 Å². The quantitative estimate of drug-likeness (QED) is 0.540. The van der Waals surface area contributed by atoms with Gasteiger partial charge in [0.1, 0.15) is 0 Å². The monoisotopic (exact) mass is 392 g/mol. The molecule has 0 aliphatic carbocycles. The van der Waals surface area contributed by atoms with Crippen LogP contribution in [0.3, 0.4) is 0 Å². The third-order valence-corrected chi connectivity index (χ3v) is 4.52. The van der Waals surface area contributed by atoms with Crippen LogP contribution in [0.5, 0.6) is 0 Å². The Labute approximate surface area is 125 Å². The van der Waals surface area contributed by atoms with Crippen LogP contribution in [0.1, 0.15) is 11.1 Å². The minimum atomic E-state index is -4.34. The van der Waals surface area contributed by atoms with Crippen LogP contribution in [0.25, 0.3) is 11.1 Å². The van der Waals surface area contributed by atoms with Gasteiger partial charge in [0.25, 0.3) is 0 Å². The Hall–Kier alpha value is -0.810. The number of aryl methyl sites for hydroxylation is 1. The Kier molecular flexibility index (Phi) is 4.06. The minimum Gasteiger partial charge on any atom is -0.166 e. The van der Waals surface area contributed by atoms with Crippen molar-refractivity contribution in [1.82, 2.24) is 0 Å². The summed E-state index contributed by atoms with van der Waals surface area (Å²) in [6.07, 6.45) is -4.34. The van der Waals surface area contributed by atoms with Crippen LogP contribution in [-0.2, 0) is 6.18 Å². The smallest absolute Gasteiger partial charge is 0.166 e. The molecule has 100 valence electrons. The summed E-state index contributed by atoms with van der Waals surface area (Å²) in [6.45, 7) is 1.90. The fourth-order valence-corrected chi connectivity index (χ4v) is 2.70. The molecule has 2 aromatic carbocycles. The third-order valence-electron chi connectivity index (χ3n) is 2.78. The van der Waals surface area contributed by atoms with Crippen molar-refractivity contribution in [3.05, 3.63) is 56.5 Å². The molecule has 0 nitrogen and oxygen atoms in total. The summed E-state index contributed by atoms with van der Waals surface area (Å²) in [5, 5.41) is 0. The molecule has 2 aromatic rings. The SMILES string of the molecule is Cc1cccc(-c2cc(C(F)(F)F)ccc2Br)c1Br. The van der Waals surface area contributed by atoms with E-state index in [1.165, 1.54) is 6.07 Å². The summed E-state index contributed by atoms with van der Waals surface area (Å²) in [6, 6.07) is 9.16. The molecule has 0 amide bonds. The van der Waals surface area contributed by atoms with Gasteiger partial charge in [-0.05, 0) is 57.7 Å². The van der Waals surface area contributed by atoms with E-state index in [4.69, 9.17) is 0 Å². The van der Waals surface area contributed by atoms with Gasteiger partial charge in [0.2, 0.25) is 0 Å². The van der Waals surface area contributed by atoms with Crippen LogP contribution in [-0.4, -0.2) is 0 Å².